The molecule has 0 bridgehead atoms. The molecule has 1 aromatic carbocycles. The van der Waals surface area contributed by atoms with Gasteiger partial charge in [0.1, 0.15) is 0 Å². The van der Waals surface area contributed by atoms with Gasteiger partial charge in [-0.15, -0.1) is 0 Å². The van der Waals surface area contributed by atoms with Gasteiger partial charge in [0.15, 0.2) is 0 Å². The van der Waals surface area contributed by atoms with E-state index in [2.05, 4.69) is 18.7 Å². The van der Waals surface area contributed by atoms with Crippen LogP contribution in [-0.4, -0.2) is 34.6 Å². The molecular weight excluding hydrogens is 244 g/mol. The number of aliphatic hydroxyl groups is 1. The summed E-state index contributed by atoms with van der Waals surface area (Å²) >= 11 is 0. The molecule has 0 heterocycles. The van der Waals surface area contributed by atoms with Crippen molar-refractivity contribution in [3.63, 3.8) is 0 Å². The van der Waals surface area contributed by atoms with Gasteiger partial charge in [-0.05, 0) is 43.6 Å². The molecule has 19 heavy (non-hydrogen) atoms. The van der Waals surface area contributed by atoms with Crippen molar-refractivity contribution in [1.29, 1.82) is 0 Å². The van der Waals surface area contributed by atoms with E-state index >= 15 is 0 Å². The third-order valence-electron chi connectivity index (χ3n) is 3.00. The van der Waals surface area contributed by atoms with Crippen molar-refractivity contribution in [3.8, 4) is 0 Å². The van der Waals surface area contributed by atoms with Gasteiger partial charge >= 0.3 is 0 Å². The second-order valence-electron chi connectivity index (χ2n) is 4.67. The topological polar surface area (TPSA) is 66.6 Å². The molecule has 106 valence electrons. The third-order valence-corrected chi connectivity index (χ3v) is 3.00. The van der Waals surface area contributed by atoms with E-state index in [1.807, 2.05) is 0 Å². The molecule has 0 aliphatic heterocycles. The monoisotopic (exact) mass is 266 g/mol. The molecule has 5 heteroatoms. The maximum absolute atomic E-state index is 10.6. The van der Waals surface area contributed by atoms with Gasteiger partial charge in [-0.2, -0.15) is 0 Å². The zero-order valence-electron chi connectivity index (χ0n) is 11.6. The van der Waals surface area contributed by atoms with Crippen molar-refractivity contribution in [2.45, 2.75) is 32.8 Å². The number of non-ortho nitro benzene ring substituents is 1. The molecule has 0 spiro atoms. The first-order chi connectivity index (χ1) is 9.08. The maximum Gasteiger partial charge on any atom is 0.269 e. The summed E-state index contributed by atoms with van der Waals surface area (Å²) in [6.07, 6.45) is 1.50. The Morgan fingerprint density at radius 2 is 1.74 bits per heavy atom. The van der Waals surface area contributed by atoms with Crippen LogP contribution in [-0.2, 0) is 0 Å². The Morgan fingerprint density at radius 3 is 2.16 bits per heavy atom. The first-order valence-electron chi connectivity index (χ1n) is 6.73. The fourth-order valence-electron chi connectivity index (χ4n) is 2.09. The van der Waals surface area contributed by atoms with E-state index in [0.717, 1.165) is 31.5 Å². The summed E-state index contributed by atoms with van der Waals surface area (Å²) in [6.45, 7) is 6.71. The fourth-order valence-corrected chi connectivity index (χ4v) is 2.09. The van der Waals surface area contributed by atoms with Gasteiger partial charge in [-0.25, -0.2) is 0 Å². The summed E-state index contributed by atoms with van der Waals surface area (Å²) in [6, 6.07) is 6.11. The molecule has 1 unspecified atom stereocenters. The first kappa shape index (κ1) is 15.6. The normalized spacial score (nSPS) is 12.6. The van der Waals surface area contributed by atoms with E-state index < -0.39 is 11.0 Å². The minimum atomic E-state index is -0.598. The average molecular weight is 266 g/mol. The van der Waals surface area contributed by atoms with E-state index in [4.69, 9.17) is 0 Å². The summed E-state index contributed by atoms with van der Waals surface area (Å²) < 4.78 is 0. The largest absolute Gasteiger partial charge is 0.387 e. The van der Waals surface area contributed by atoms with Crippen molar-refractivity contribution in [1.82, 2.24) is 4.90 Å². The summed E-state index contributed by atoms with van der Waals surface area (Å²) in [5.41, 5.74) is 0.776. The zero-order valence-corrected chi connectivity index (χ0v) is 11.6. The van der Waals surface area contributed by atoms with Gasteiger partial charge in [0.2, 0.25) is 0 Å². The van der Waals surface area contributed by atoms with Crippen molar-refractivity contribution in [3.05, 3.63) is 39.9 Å². The van der Waals surface area contributed by atoms with E-state index in [9.17, 15) is 15.2 Å². The summed E-state index contributed by atoms with van der Waals surface area (Å²) in [5, 5.41) is 20.7. The number of aliphatic hydroxyl groups excluding tert-OH is 1. The predicted octanol–water partition coefficient (Wildman–Crippen LogP) is 2.75. The number of hydrogen-bond donors (Lipinski definition) is 1. The number of nitro benzene ring substituents is 1. The minimum absolute atomic E-state index is 0.0509. The van der Waals surface area contributed by atoms with Crippen LogP contribution in [0.1, 0.15) is 38.4 Å². The molecule has 1 atom stereocenters. The summed E-state index contributed by atoms with van der Waals surface area (Å²) in [5.74, 6) is 0. The number of rotatable bonds is 8. The van der Waals surface area contributed by atoms with Gasteiger partial charge in [-0.1, -0.05) is 13.8 Å². The lowest BCUT2D eigenvalue weighted by Crippen LogP contribution is -2.30. The highest BCUT2D eigenvalue weighted by Crippen LogP contribution is 2.18. The highest BCUT2D eigenvalue weighted by Gasteiger charge is 2.14. The molecule has 0 amide bonds. The van der Waals surface area contributed by atoms with Crippen molar-refractivity contribution >= 4 is 5.69 Å². The van der Waals surface area contributed by atoms with Crippen LogP contribution < -0.4 is 0 Å². The molecule has 0 saturated carbocycles. The second-order valence-corrected chi connectivity index (χ2v) is 4.67. The van der Waals surface area contributed by atoms with Gasteiger partial charge < -0.3 is 10.0 Å². The van der Waals surface area contributed by atoms with Crippen LogP contribution in [0.3, 0.4) is 0 Å². The average Bonchev–Trinajstić information content (AvgIpc) is 2.39. The SMILES string of the molecule is CCCN(CCC)CC(O)c1ccc([N+](=O)[O-])cc1. The molecule has 5 nitrogen and oxygen atoms in total. The Balaban J connectivity index is 2.65. The Bertz CT molecular complexity index is 386. The molecule has 1 rings (SSSR count). The lowest BCUT2D eigenvalue weighted by Gasteiger charge is -2.24. The lowest BCUT2D eigenvalue weighted by molar-refractivity contribution is -0.384. The smallest absolute Gasteiger partial charge is 0.269 e. The molecule has 0 aromatic heterocycles. The minimum Gasteiger partial charge on any atom is -0.387 e. The quantitative estimate of drug-likeness (QED) is 0.580. The van der Waals surface area contributed by atoms with Crippen LogP contribution in [0.15, 0.2) is 24.3 Å². The number of nitrogens with zero attached hydrogens (tertiary/aromatic N) is 2. The van der Waals surface area contributed by atoms with Crippen LogP contribution >= 0.6 is 0 Å². The lowest BCUT2D eigenvalue weighted by atomic mass is 10.1. The zero-order chi connectivity index (χ0) is 14.3. The fraction of sp³-hybridized carbons (Fsp3) is 0.571. The molecule has 0 saturated heterocycles. The van der Waals surface area contributed by atoms with Crippen molar-refractivity contribution in [2.75, 3.05) is 19.6 Å². The standard InChI is InChI=1S/C14H22N2O3/c1-3-9-15(10-4-2)11-14(17)12-5-7-13(8-6-12)16(18)19/h5-8,14,17H,3-4,9-11H2,1-2H3. The van der Waals surface area contributed by atoms with Crippen LogP contribution in [0.5, 0.6) is 0 Å². The van der Waals surface area contributed by atoms with Gasteiger partial charge in [0.05, 0.1) is 11.0 Å². The Labute approximate surface area is 114 Å². The van der Waals surface area contributed by atoms with Crippen molar-refractivity contribution in [2.24, 2.45) is 0 Å². The first-order valence-corrected chi connectivity index (χ1v) is 6.73. The Morgan fingerprint density at radius 1 is 1.21 bits per heavy atom. The van der Waals surface area contributed by atoms with Gasteiger partial charge in [0.25, 0.3) is 5.69 Å². The number of nitro groups is 1. The molecule has 1 N–H and O–H groups in total. The highest BCUT2D eigenvalue weighted by atomic mass is 16.6. The van der Waals surface area contributed by atoms with Crippen LogP contribution in [0, 0.1) is 10.1 Å². The van der Waals surface area contributed by atoms with Crippen LogP contribution in [0.4, 0.5) is 5.69 Å². The summed E-state index contributed by atoms with van der Waals surface area (Å²) in [4.78, 5) is 12.3. The van der Waals surface area contributed by atoms with E-state index in [1.165, 1.54) is 12.1 Å². The van der Waals surface area contributed by atoms with E-state index in [1.54, 1.807) is 12.1 Å². The van der Waals surface area contributed by atoms with E-state index in [-0.39, 0.29) is 5.69 Å². The van der Waals surface area contributed by atoms with Crippen LogP contribution in [0.2, 0.25) is 0 Å². The third kappa shape index (κ3) is 4.96. The van der Waals surface area contributed by atoms with E-state index in [0.29, 0.717) is 6.54 Å². The molecule has 0 aliphatic carbocycles. The van der Waals surface area contributed by atoms with Gasteiger partial charge in [-0.3, -0.25) is 10.1 Å². The van der Waals surface area contributed by atoms with Crippen molar-refractivity contribution < 1.29 is 10.0 Å². The maximum atomic E-state index is 10.6. The second kappa shape index (κ2) is 7.86. The number of benzene rings is 1. The molecular formula is C14H22N2O3. The Hall–Kier alpha value is -1.46. The number of hydrogen-bond acceptors (Lipinski definition) is 4. The molecule has 0 aliphatic rings. The predicted molar refractivity (Wildman–Crippen MR) is 75.1 cm³/mol. The molecule has 0 radical (unpaired) electrons. The Kier molecular flexibility index (Phi) is 6.45. The summed E-state index contributed by atoms with van der Waals surface area (Å²) in [7, 11) is 0. The highest BCUT2D eigenvalue weighted by molar-refractivity contribution is 5.33. The molecule has 1 aromatic rings. The van der Waals surface area contributed by atoms with Crippen LogP contribution in [0.25, 0.3) is 0 Å². The molecule has 0 fully saturated rings. The van der Waals surface area contributed by atoms with Gasteiger partial charge in [0, 0.05) is 18.7 Å².